The van der Waals surface area contributed by atoms with Crippen LogP contribution in [0.4, 0.5) is 0 Å². The highest BCUT2D eigenvalue weighted by molar-refractivity contribution is 5.93. The van der Waals surface area contributed by atoms with Gasteiger partial charge in [0.2, 0.25) is 0 Å². The molecule has 1 aromatic heterocycles. The van der Waals surface area contributed by atoms with Crippen LogP contribution in [0.25, 0.3) is 0 Å². The maximum atomic E-state index is 12.0. The minimum Gasteiger partial charge on any atom is -0.496 e. The second-order valence-corrected chi connectivity index (χ2v) is 3.91. The van der Waals surface area contributed by atoms with Gasteiger partial charge in [-0.2, -0.15) is 5.10 Å². The van der Waals surface area contributed by atoms with Crippen molar-refractivity contribution >= 4 is 12.1 Å². The Morgan fingerprint density at radius 1 is 1.35 bits per heavy atom. The summed E-state index contributed by atoms with van der Waals surface area (Å²) in [7, 11) is 3.14. The Bertz CT molecular complexity index is 614. The first-order chi connectivity index (χ1) is 9.72. The zero-order valence-corrected chi connectivity index (χ0v) is 11.2. The van der Waals surface area contributed by atoms with Gasteiger partial charge in [-0.3, -0.25) is 9.78 Å². The Labute approximate surface area is 116 Å². The number of hydrogen-bond acceptors (Lipinski definition) is 5. The summed E-state index contributed by atoms with van der Waals surface area (Å²) >= 11 is 0. The van der Waals surface area contributed by atoms with E-state index >= 15 is 0 Å². The summed E-state index contributed by atoms with van der Waals surface area (Å²) in [4.78, 5) is 19.8. The predicted molar refractivity (Wildman–Crippen MR) is 74.7 cm³/mol. The van der Waals surface area contributed by atoms with Crippen LogP contribution in [0.1, 0.15) is 16.1 Å². The van der Waals surface area contributed by atoms with E-state index in [9.17, 15) is 4.79 Å². The zero-order valence-electron chi connectivity index (χ0n) is 11.2. The maximum absolute atomic E-state index is 12.0. The standard InChI is InChI=1S/C14H14N4O2/c1-18(14(19)12-10-15-7-8-16-12)17-9-11-5-3-4-6-13(11)20-2/h3-10H,1-2H3/b17-9+. The highest BCUT2D eigenvalue weighted by Gasteiger charge is 2.11. The van der Waals surface area contributed by atoms with Crippen molar-refractivity contribution < 1.29 is 9.53 Å². The van der Waals surface area contributed by atoms with Crippen LogP contribution < -0.4 is 4.74 Å². The largest absolute Gasteiger partial charge is 0.496 e. The van der Waals surface area contributed by atoms with Crippen LogP contribution in [0, 0.1) is 0 Å². The van der Waals surface area contributed by atoms with Gasteiger partial charge in [0.1, 0.15) is 11.4 Å². The summed E-state index contributed by atoms with van der Waals surface area (Å²) in [6, 6.07) is 7.41. The summed E-state index contributed by atoms with van der Waals surface area (Å²) in [5.74, 6) is 0.362. The molecule has 102 valence electrons. The quantitative estimate of drug-likeness (QED) is 0.625. The lowest BCUT2D eigenvalue weighted by atomic mass is 10.2. The molecule has 0 unspecified atom stereocenters. The lowest BCUT2D eigenvalue weighted by Crippen LogP contribution is -2.22. The van der Waals surface area contributed by atoms with Crippen molar-refractivity contribution in [1.82, 2.24) is 15.0 Å². The lowest BCUT2D eigenvalue weighted by molar-refractivity contribution is 0.0794. The van der Waals surface area contributed by atoms with Gasteiger partial charge in [-0.25, -0.2) is 9.99 Å². The van der Waals surface area contributed by atoms with Gasteiger partial charge in [-0.05, 0) is 12.1 Å². The van der Waals surface area contributed by atoms with Gasteiger partial charge in [-0.1, -0.05) is 12.1 Å². The van der Waals surface area contributed by atoms with Crippen LogP contribution in [-0.2, 0) is 0 Å². The highest BCUT2D eigenvalue weighted by Crippen LogP contribution is 2.14. The molecule has 1 heterocycles. The smallest absolute Gasteiger partial charge is 0.293 e. The first-order valence-corrected chi connectivity index (χ1v) is 5.93. The number of hydrazone groups is 1. The van der Waals surface area contributed by atoms with Crippen molar-refractivity contribution in [3.05, 3.63) is 54.1 Å². The SMILES string of the molecule is COc1ccccc1/C=N/N(C)C(=O)c1cnccn1. The van der Waals surface area contributed by atoms with Gasteiger partial charge in [0, 0.05) is 25.0 Å². The number of aromatic nitrogens is 2. The molecule has 0 aliphatic rings. The van der Waals surface area contributed by atoms with Crippen LogP contribution in [0.15, 0.2) is 48.0 Å². The summed E-state index contributed by atoms with van der Waals surface area (Å²) in [5, 5.41) is 5.30. The van der Waals surface area contributed by atoms with E-state index in [4.69, 9.17) is 4.74 Å². The van der Waals surface area contributed by atoms with Gasteiger partial charge in [0.05, 0.1) is 19.5 Å². The van der Waals surface area contributed by atoms with Crippen LogP contribution in [-0.4, -0.2) is 41.3 Å². The fraction of sp³-hybridized carbons (Fsp3) is 0.143. The second kappa shape index (κ2) is 6.42. The minimum absolute atomic E-state index is 0.243. The molecule has 0 saturated carbocycles. The highest BCUT2D eigenvalue weighted by atomic mass is 16.5. The van der Waals surface area contributed by atoms with E-state index in [1.807, 2.05) is 24.3 Å². The molecule has 0 aliphatic carbocycles. The molecule has 0 aliphatic heterocycles. The van der Waals surface area contributed by atoms with Crippen molar-refractivity contribution in [2.75, 3.05) is 14.2 Å². The number of nitrogens with zero attached hydrogens (tertiary/aromatic N) is 4. The third-order valence-electron chi connectivity index (χ3n) is 2.59. The molecule has 6 nitrogen and oxygen atoms in total. The van der Waals surface area contributed by atoms with E-state index in [0.29, 0.717) is 5.75 Å². The molecule has 6 heteroatoms. The summed E-state index contributed by atoms with van der Waals surface area (Å²) in [6.07, 6.45) is 5.93. The van der Waals surface area contributed by atoms with Gasteiger partial charge in [-0.15, -0.1) is 0 Å². The van der Waals surface area contributed by atoms with Crippen molar-refractivity contribution in [3.63, 3.8) is 0 Å². The van der Waals surface area contributed by atoms with E-state index in [1.54, 1.807) is 20.4 Å². The fourth-order valence-electron chi connectivity index (χ4n) is 1.55. The molecule has 0 radical (unpaired) electrons. The average molecular weight is 270 g/mol. The van der Waals surface area contributed by atoms with E-state index in [0.717, 1.165) is 5.56 Å². The molecular weight excluding hydrogens is 256 g/mol. The number of ether oxygens (including phenoxy) is 1. The van der Waals surface area contributed by atoms with Gasteiger partial charge >= 0.3 is 0 Å². The molecule has 2 aromatic rings. The van der Waals surface area contributed by atoms with Crippen LogP contribution in [0.2, 0.25) is 0 Å². The van der Waals surface area contributed by atoms with Crippen molar-refractivity contribution in [3.8, 4) is 5.75 Å². The second-order valence-electron chi connectivity index (χ2n) is 3.91. The molecule has 0 atom stereocenters. The molecule has 0 fully saturated rings. The van der Waals surface area contributed by atoms with Crippen molar-refractivity contribution in [2.45, 2.75) is 0 Å². The molecule has 20 heavy (non-hydrogen) atoms. The van der Waals surface area contributed by atoms with Crippen LogP contribution in [0.3, 0.4) is 0 Å². The molecule has 0 N–H and O–H groups in total. The number of para-hydroxylation sites is 1. The third-order valence-corrected chi connectivity index (χ3v) is 2.59. The van der Waals surface area contributed by atoms with Gasteiger partial charge < -0.3 is 4.74 Å². The Balaban J connectivity index is 2.13. The van der Waals surface area contributed by atoms with Crippen molar-refractivity contribution in [2.24, 2.45) is 5.10 Å². The maximum Gasteiger partial charge on any atom is 0.293 e. The molecule has 2 rings (SSSR count). The van der Waals surface area contributed by atoms with Crippen LogP contribution in [0.5, 0.6) is 5.75 Å². The van der Waals surface area contributed by atoms with E-state index in [2.05, 4.69) is 15.1 Å². The third kappa shape index (κ3) is 3.17. The van der Waals surface area contributed by atoms with E-state index in [1.165, 1.54) is 23.6 Å². The summed E-state index contributed by atoms with van der Waals surface area (Å²) < 4.78 is 5.21. The Kier molecular flexibility index (Phi) is 4.39. The Hall–Kier alpha value is -2.76. The molecule has 0 spiro atoms. The van der Waals surface area contributed by atoms with Crippen molar-refractivity contribution in [1.29, 1.82) is 0 Å². The summed E-state index contributed by atoms with van der Waals surface area (Å²) in [5.41, 5.74) is 1.03. The molecule has 1 aromatic carbocycles. The van der Waals surface area contributed by atoms with Gasteiger partial charge in [0.15, 0.2) is 0 Å². The number of carbonyl (C=O) groups excluding carboxylic acids is 1. The number of hydrogen-bond donors (Lipinski definition) is 0. The molecule has 0 saturated heterocycles. The molecular formula is C14H14N4O2. The topological polar surface area (TPSA) is 67.7 Å². The number of amides is 1. The Morgan fingerprint density at radius 2 is 2.15 bits per heavy atom. The average Bonchev–Trinajstić information content (AvgIpc) is 2.53. The predicted octanol–water partition coefficient (Wildman–Crippen LogP) is 1.59. The first kappa shape index (κ1) is 13.7. The number of rotatable bonds is 4. The fourth-order valence-corrected chi connectivity index (χ4v) is 1.55. The molecule has 1 amide bonds. The number of carbonyl (C=O) groups is 1. The molecule has 0 bridgehead atoms. The Morgan fingerprint density at radius 3 is 2.85 bits per heavy atom. The van der Waals surface area contributed by atoms with E-state index in [-0.39, 0.29) is 11.6 Å². The number of methoxy groups -OCH3 is 1. The minimum atomic E-state index is -0.329. The first-order valence-electron chi connectivity index (χ1n) is 5.93. The normalized spacial score (nSPS) is 10.5. The lowest BCUT2D eigenvalue weighted by Gasteiger charge is -2.10. The van der Waals surface area contributed by atoms with Crippen LogP contribution >= 0.6 is 0 Å². The van der Waals surface area contributed by atoms with Gasteiger partial charge in [0.25, 0.3) is 5.91 Å². The number of benzene rings is 1. The monoisotopic (exact) mass is 270 g/mol. The van der Waals surface area contributed by atoms with E-state index < -0.39 is 0 Å². The zero-order chi connectivity index (χ0) is 14.4. The summed E-state index contributed by atoms with van der Waals surface area (Å²) in [6.45, 7) is 0.